The zero-order valence-electron chi connectivity index (χ0n) is 14.6. The quantitative estimate of drug-likeness (QED) is 0.297. The summed E-state index contributed by atoms with van der Waals surface area (Å²) in [6.45, 7) is 0. The van der Waals surface area contributed by atoms with Gasteiger partial charge in [0.25, 0.3) is 5.56 Å². The Labute approximate surface area is 172 Å². The van der Waals surface area contributed by atoms with Crippen LogP contribution < -0.4 is 5.56 Å². The minimum Gasteiger partial charge on any atom is -0.290 e. The van der Waals surface area contributed by atoms with E-state index in [9.17, 15) is 13.6 Å². The molecule has 28 heavy (non-hydrogen) atoms. The molecule has 4 rings (SSSR count). The molecule has 0 N–H and O–H groups in total. The second kappa shape index (κ2) is 7.66. The van der Waals surface area contributed by atoms with Gasteiger partial charge in [-0.3, -0.25) is 9.36 Å². The van der Waals surface area contributed by atoms with Crippen molar-refractivity contribution < 1.29 is 8.78 Å². The average molecular weight is 435 g/mol. The molecule has 0 amide bonds. The normalized spacial score (nSPS) is 11.3. The number of aromatic nitrogens is 2. The number of fused-ring (bicyclic) bond motifs is 1. The van der Waals surface area contributed by atoms with E-state index >= 15 is 0 Å². The van der Waals surface area contributed by atoms with Gasteiger partial charge >= 0.3 is 0 Å². The highest BCUT2D eigenvalue weighted by atomic mass is 35.5. The van der Waals surface area contributed by atoms with E-state index in [0.29, 0.717) is 26.0 Å². The van der Waals surface area contributed by atoms with Crippen LogP contribution in [0.5, 0.6) is 0 Å². The summed E-state index contributed by atoms with van der Waals surface area (Å²) in [5.74, 6) is -0.464. The van der Waals surface area contributed by atoms with E-state index in [4.69, 9.17) is 11.6 Å². The third-order valence-corrected chi connectivity index (χ3v) is 6.62. The summed E-state index contributed by atoms with van der Waals surface area (Å²) in [6, 6.07) is 10.5. The summed E-state index contributed by atoms with van der Waals surface area (Å²) in [4.78, 5) is 18.1. The molecule has 2 heterocycles. The van der Waals surface area contributed by atoms with Gasteiger partial charge < -0.3 is 0 Å². The van der Waals surface area contributed by atoms with Crippen molar-refractivity contribution in [2.75, 3.05) is 0 Å². The Morgan fingerprint density at radius 1 is 1.18 bits per heavy atom. The highest BCUT2D eigenvalue weighted by Crippen LogP contribution is 2.33. The van der Waals surface area contributed by atoms with Crippen LogP contribution in [0.1, 0.15) is 5.56 Å². The molecule has 4 aromatic rings. The molecule has 0 bridgehead atoms. The molecule has 0 aliphatic heterocycles. The van der Waals surface area contributed by atoms with Gasteiger partial charge in [0.15, 0.2) is 5.16 Å². The Hall–Kier alpha value is -2.22. The van der Waals surface area contributed by atoms with E-state index < -0.39 is 0 Å². The molecule has 0 atom stereocenters. The second-order valence-electron chi connectivity index (χ2n) is 6.08. The van der Waals surface area contributed by atoms with Crippen LogP contribution in [0.2, 0.25) is 5.02 Å². The summed E-state index contributed by atoms with van der Waals surface area (Å²) in [5, 5.41) is 3.15. The molecule has 0 saturated carbocycles. The van der Waals surface area contributed by atoms with Crippen LogP contribution in [-0.4, -0.2) is 9.55 Å². The van der Waals surface area contributed by atoms with Crippen LogP contribution in [-0.2, 0) is 12.8 Å². The van der Waals surface area contributed by atoms with Crippen molar-refractivity contribution in [1.29, 1.82) is 0 Å². The molecule has 0 unspecified atom stereocenters. The summed E-state index contributed by atoms with van der Waals surface area (Å²) < 4.78 is 28.6. The van der Waals surface area contributed by atoms with Crippen LogP contribution in [0.4, 0.5) is 8.78 Å². The van der Waals surface area contributed by atoms with Crippen molar-refractivity contribution in [1.82, 2.24) is 9.55 Å². The van der Waals surface area contributed by atoms with Gasteiger partial charge in [-0.2, -0.15) is 0 Å². The zero-order chi connectivity index (χ0) is 19.8. The minimum atomic E-state index is -0.388. The highest BCUT2D eigenvalue weighted by Gasteiger charge is 2.17. The fourth-order valence-corrected chi connectivity index (χ4v) is 5.13. The van der Waals surface area contributed by atoms with Crippen LogP contribution in [0.25, 0.3) is 21.3 Å². The maximum Gasteiger partial charge on any atom is 0.263 e. The Bertz CT molecular complexity index is 1220. The molecule has 0 aliphatic rings. The maximum atomic E-state index is 14.0. The number of benzene rings is 2. The fraction of sp³-hybridized carbons (Fsp3) is 0.100. The van der Waals surface area contributed by atoms with Crippen molar-refractivity contribution in [3.05, 3.63) is 80.4 Å². The molecule has 2 aromatic heterocycles. The molecular formula is C20H13ClF2N2OS2. The third kappa shape index (κ3) is 3.45. The van der Waals surface area contributed by atoms with Crippen molar-refractivity contribution in [2.45, 2.75) is 10.9 Å². The van der Waals surface area contributed by atoms with E-state index in [1.165, 1.54) is 45.9 Å². The monoisotopic (exact) mass is 434 g/mol. The van der Waals surface area contributed by atoms with Crippen molar-refractivity contribution in [3.8, 4) is 11.1 Å². The Balaban J connectivity index is 1.73. The number of thioether (sulfide) groups is 1. The number of halogens is 3. The minimum absolute atomic E-state index is 0.201. The lowest BCUT2D eigenvalue weighted by Crippen LogP contribution is -2.19. The van der Waals surface area contributed by atoms with Crippen LogP contribution in [0.3, 0.4) is 0 Å². The standard InChI is InChI=1S/C20H13ClF2N2OS2/c1-25-19(26)17-13(11-5-7-12(22)8-6-11)9-27-18(17)24-20(25)28-10-14-15(21)3-2-4-16(14)23/h2-9H,10H2,1H3. The molecule has 142 valence electrons. The fourth-order valence-electron chi connectivity index (χ4n) is 2.83. The SMILES string of the molecule is Cn1c(SCc2c(F)cccc2Cl)nc2scc(-c3ccc(F)cc3)c2c1=O. The average Bonchev–Trinajstić information content (AvgIpc) is 3.09. The number of thiophene rings is 1. The van der Waals surface area contributed by atoms with E-state index in [2.05, 4.69) is 4.98 Å². The molecule has 0 saturated heterocycles. The van der Waals surface area contributed by atoms with Crippen LogP contribution in [0.15, 0.2) is 57.8 Å². The Kier molecular flexibility index (Phi) is 5.23. The molecular weight excluding hydrogens is 422 g/mol. The maximum absolute atomic E-state index is 14.0. The first-order chi connectivity index (χ1) is 13.5. The molecule has 0 radical (unpaired) electrons. The van der Waals surface area contributed by atoms with Gasteiger partial charge in [-0.1, -0.05) is 41.6 Å². The van der Waals surface area contributed by atoms with E-state index in [0.717, 1.165) is 11.1 Å². The molecule has 2 aromatic carbocycles. The summed E-state index contributed by atoms with van der Waals surface area (Å²) >= 11 is 8.67. The largest absolute Gasteiger partial charge is 0.290 e. The smallest absolute Gasteiger partial charge is 0.263 e. The van der Waals surface area contributed by atoms with Gasteiger partial charge in [-0.25, -0.2) is 13.8 Å². The van der Waals surface area contributed by atoms with Crippen LogP contribution >= 0.6 is 34.7 Å². The number of hydrogen-bond donors (Lipinski definition) is 0. The predicted molar refractivity (Wildman–Crippen MR) is 111 cm³/mol. The first kappa shape index (κ1) is 19.1. The van der Waals surface area contributed by atoms with E-state index in [-0.39, 0.29) is 22.9 Å². The third-order valence-electron chi connectivity index (χ3n) is 4.34. The van der Waals surface area contributed by atoms with Crippen LogP contribution in [0, 0.1) is 11.6 Å². The van der Waals surface area contributed by atoms with Gasteiger partial charge in [0.2, 0.25) is 0 Å². The van der Waals surface area contributed by atoms with Crippen molar-refractivity contribution >= 4 is 44.9 Å². The van der Waals surface area contributed by atoms with Crippen molar-refractivity contribution in [3.63, 3.8) is 0 Å². The first-order valence-electron chi connectivity index (χ1n) is 8.25. The summed E-state index contributed by atoms with van der Waals surface area (Å²) in [6.07, 6.45) is 0. The predicted octanol–water partition coefficient (Wildman–Crippen LogP) is 5.89. The lowest BCUT2D eigenvalue weighted by Gasteiger charge is -2.09. The molecule has 0 fully saturated rings. The summed E-state index contributed by atoms with van der Waals surface area (Å²) in [7, 11) is 1.63. The zero-order valence-corrected chi connectivity index (χ0v) is 17.0. The van der Waals surface area contributed by atoms with Gasteiger partial charge in [-0.05, 0) is 29.8 Å². The summed E-state index contributed by atoms with van der Waals surface area (Å²) in [5.41, 5.74) is 1.65. The van der Waals surface area contributed by atoms with E-state index in [1.54, 1.807) is 31.3 Å². The van der Waals surface area contributed by atoms with E-state index in [1.807, 2.05) is 5.38 Å². The lowest BCUT2D eigenvalue weighted by atomic mass is 10.1. The van der Waals surface area contributed by atoms with Gasteiger partial charge in [0, 0.05) is 34.3 Å². The van der Waals surface area contributed by atoms with Gasteiger partial charge in [-0.15, -0.1) is 11.3 Å². The van der Waals surface area contributed by atoms with Gasteiger partial charge in [0.1, 0.15) is 16.5 Å². The number of nitrogens with zero attached hydrogens (tertiary/aromatic N) is 2. The van der Waals surface area contributed by atoms with Gasteiger partial charge in [0.05, 0.1) is 5.39 Å². The molecule has 3 nitrogen and oxygen atoms in total. The van der Waals surface area contributed by atoms with Crippen molar-refractivity contribution in [2.24, 2.45) is 7.05 Å². The Morgan fingerprint density at radius 3 is 2.64 bits per heavy atom. The molecule has 8 heteroatoms. The molecule has 0 spiro atoms. The number of rotatable bonds is 4. The lowest BCUT2D eigenvalue weighted by molar-refractivity contribution is 0.617. The topological polar surface area (TPSA) is 34.9 Å². The number of hydrogen-bond acceptors (Lipinski definition) is 4. The first-order valence-corrected chi connectivity index (χ1v) is 10.5. The highest BCUT2D eigenvalue weighted by molar-refractivity contribution is 7.98. The Morgan fingerprint density at radius 2 is 1.93 bits per heavy atom. The molecule has 0 aliphatic carbocycles. The second-order valence-corrected chi connectivity index (χ2v) is 8.29.